The Morgan fingerprint density at radius 1 is 0.757 bits per heavy atom. The Bertz CT molecular complexity index is 1030. The third kappa shape index (κ3) is 8.19. The minimum atomic E-state index is -7.62. The van der Waals surface area contributed by atoms with Crippen molar-refractivity contribution in [2.45, 2.75) is 42.4 Å². The van der Waals surface area contributed by atoms with Crippen LogP contribution < -0.4 is 4.57 Å². The molecule has 0 amide bonds. The Labute approximate surface area is 205 Å². The molecule has 0 aliphatic carbocycles. The third-order valence-corrected chi connectivity index (χ3v) is 10.1. The summed E-state index contributed by atoms with van der Waals surface area (Å²) in [5, 5.41) is -14.0. The quantitative estimate of drug-likeness (QED) is 0.224. The van der Waals surface area contributed by atoms with Crippen molar-refractivity contribution in [3.8, 4) is 0 Å². The summed E-state index contributed by atoms with van der Waals surface area (Å²) in [6.07, 6.45) is -8.28. The number of rotatable bonds is 10. The zero-order chi connectivity index (χ0) is 29.7. The monoisotopic (exact) mass is 622 g/mol. The van der Waals surface area contributed by atoms with Gasteiger partial charge in [-0.15, -0.1) is 0 Å². The molecule has 1 rings (SSSR count). The van der Waals surface area contributed by atoms with E-state index in [9.17, 15) is 60.7 Å². The van der Waals surface area contributed by atoms with Gasteiger partial charge in [0.2, 0.25) is 6.17 Å². The maximum Gasteiger partial charge on any atom is 0.569 e. The molecule has 9 nitrogen and oxygen atoms in total. The Morgan fingerprint density at radius 3 is 1.32 bits per heavy atom. The summed E-state index contributed by atoms with van der Waals surface area (Å²) in [7, 11) is -12.9. The molecule has 218 valence electrons. The molecule has 1 aromatic rings. The van der Waals surface area contributed by atoms with Crippen molar-refractivity contribution in [2.75, 3.05) is 21.3 Å². The number of alkyl halides is 10. The van der Waals surface area contributed by atoms with Crippen molar-refractivity contribution in [3.63, 3.8) is 0 Å². The Hall–Kier alpha value is -1.59. The van der Waals surface area contributed by atoms with Crippen LogP contribution >= 0.6 is 0 Å². The van der Waals surface area contributed by atoms with Crippen LogP contribution in [-0.2, 0) is 45.9 Å². The second-order valence-electron chi connectivity index (χ2n) is 6.58. The minimum Gasteiger partial charge on any atom is -0.425 e. The van der Waals surface area contributed by atoms with Crippen molar-refractivity contribution < 1.29 is 78.6 Å². The fourth-order valence-electron chi connectivity index (χ4n) is 2.01. The van der Waals surface area contributed by atoms with Gasteiger partial charge in [0.25, 0.3) is 0 Å². The number of halogens is 10. The fourth-order valence-corrected chi connectivity index (χ4v) is 5.92. The van der Waals surface area contributed by atoms with E-state index in [0.717, 1.165) is 6.42 Å². The highest BCUT2D eigenvalue weighted by atomic mass is 32.3. The van der Waals surface area contributed by atoms with E-state index in [4.69, 9.17) is 13.3 Å². The zero-order valence-electron chi connectivity index (χ0n) is 19.1. The van der Waals surface area contributed by atoms with Crippen molar-refractivity contribution in [2.24, 2.45) is 0 Å². The molecular weight excluding hydrogens is 602 g/mol. The molecule has 1 aromatic heterocycles. The summed E-state index contributed by atoms with van der Waals surface area (Å²) < 4.78 is 179. The second kappa shape index (κ2) is 12.1. The lowest BCUT2D eigenvalue weighted by atomic mass is 10.2. The largest absolute Gasteiger partial charge is 0.569 e. The smallest absolute Gasteiger partial charge is 0.425 e. The molecule has 0 unspecified atom stereocenters. The third-order valence-electron chi connectivity index (χ3n) is 4.18. The molecule has 0 saturated carbocycles. The van der Waals surface area contributed by atoms with Gasteiger partial charge in [0.15, 0.2) is 32.4 Å². The van der Waals surface area contributed by atoms with Crippen molar-refractivity contribution in [3.05, 3.63) is 34.2 Å². The van der Waals surface area contributed by atoms with E-state index in [-0.39, 0.29) is 0 Å². The SMILES string of the molecule is CCc1cc[n+](C[Si](OC)(OC)OC)cc1.O=S(=O)([N-]S(=O)(=O)C(F)(F)C(F)(F)F)C(F)(F)C(F)(F)F. The highest BCUT2D eigenvalue weighted by molar-refractivity contribution is 8.13. The second-order valence-corrected chi connectivity index (χ2v) is 13.0. The van der Waals surface area contributed by atoms with Gasteiger partial charge in [0.05, 0.1) is 0 Å². The van der Waals surface area contributed by atoms with E-state index in [1.54, 1.807) is 21.3 Å². The molecule has 37 heavy (non-hydrogen) atoms. The first-order chi connectivity index (χ1) is 16.4. The van der Waals surface area contributed by atoms with Gasteiger partial charge in [0.1, 0.15) is 0 Å². The molecule has 1 heterocycles. The molecule has 0 aliphatic heterocycles. The van der Waals surface area contributed by atoms with E-state index in [1.807, 2.05) is 17.0 Å². The van der Waals surface area contributed by atoms with Gasteiger partial charge in [-0.05, 0) is 12.0 Å². The fraction of sp³-hybridized carbons (Fsp3) is 0.667. The summed E-state index contributed by atoms with van der Waals surface area (Å²) in [4.78, 5) is 0. The normalized spacial score (nSPS) is 14.2. The van der Waals surface area contributed by atoms with Gasteiger partial charge in [0, 0.05) is 33.5 Å². The van der Waals surface area contributed by atoms with Crippen LogP contribution in [0.1, 0.15) is 12.5 Å². The number of hydrogen-bond donors (Lipinski definition) is 0. The molecule has 0 fully saturated rings. The topological polar surface area (TPSA) is 114 Å². The van der Waals surface area contributed by atoms with E-state index in [1.165, 1.54) is 5.56 Å². The van der Waals surface area contributed by atoms with Crippen LogP contribution in [0.4, 0.5) is 43.9 Å². The first-order valence-corrected chi connectivity index (χ1v) is 14.0. The van der Waals surface area contributed by atoms with Gasteiger partial charge < -0.3 is 17.4 Å². The Balaban J connectivity index is 0.000000724. The van der Waals surface area contributed by atoms with Crippen LogP contribution in [0.15, 0.2) is 24.5 Å². The van der Waals surface area contributed by atoms with Crippen LogP contribution in [0.2, 0.25) is 0 Å². The standard InChI is InChI=1S/C11H20NO3Si.C4F10NO4S2/c1-5-11-6-8-12(9-7-11)10-16(13-2,14-3)15-4;5-1(6,7)3(11,12)20(16,17)15-21(18,19)4(13,14)2(8,9)10/h6-9H,5,10H2,1-4H3;/q+1;-1. The molecule has 0 aliphatic rings. The van der Waals surface area contributed by atoms with Crippen molar-refractivity contribution in [1.82, 2.24) is 0 Å². The number of nitrogens with zero attached hydrogens (tertiary/aromatic N) is 2. The number of aromatic nitrogens is 1. The number of pyridine rings is 1. The lowest BCUT2D eigenvalue weighted by molar-refractivity contribution is -0.685. The number of aryl methyl sites for hydroxylation is 1. The molecule has 0 saturated heterocycles. The van der Waals surface area contributed by atoms with Crippen LogP contribution in [0.5, 0.6) is 0 Å². The molecule has 0 N–H and O–H groups in total. The molecule has 0 spiro atoms. The minimum absolute atomic E-state index is 0.422. The predicted molar refractivity (Wildman–Crippen MR) is 106 cm³/mol. The van der Waals surface area contributed by atoms with Gasteiger partial charge in [-0.3, -0.25) is 0 Å². The summed E-state index contributed by atoms with van der Waals surface area (Å²) >= 11 is 0. The first-order valence-electron chi connectivity index (χ1n) is 9.16. The van der Waals surface area contributed by atoms with Crippen LogP contribution in [0, 0.1) is 0 Å². The molecular formula is C15H20F10N2O7S2Si. The van der Waals surface area contributed by atoms with Crippen LogP contribution in [-0.4, -0.2) is 69.8 Å². The maximum absolute atomic E-state index is 12.3. The maximum atomic E-state index is 12.3. The lowest BCUT2D eigenvalue weighted by Gasteiger charge is -2.31. The first kappa shape index (κ1) is 35.4. The van der Waals surface area contributed by atoms with Crippen molar-refractivity contribution >= 4 is 28.9 Å². The highest BCUT2D eigenvalue weighted by Gasteiger charge is 2.68. The number of sulfonamides is 2. The van der Waals surface area contributed by atoms with E-state index in [2.05, 4.69) is 19.1 Å². The summed E-state index contributed by atoms with van der Waals surface area (Å²) in [6, 6.07) is 4.19. The van der Waals surface area contributed by atoms with Gasteiger partial charge >= 0.3 is 31.7 Å². The highest BCUT2D eigenvalue weighted by Crippen LogP contribution is 2.47. The van der Waals surface area contributed by atoms with Crippen LogP contribution in [0.3, 0.4) is 0 Å². The van der Waals surface area contributed by atoms with E-state index in [0.29, 0.717) is 10.3 Å². The van der Waals surface area contributed by atoms with E-state index < -0.39 is 51.7 Å². The van der Waals surface area contributed by atoms with Gasteiger partial charge in [-0.2, -0.15) is 43.9 Å². The average molecular weight is 623 g/mol. The molecule has 0 radical (unpaired) electrons. The summed E-state index contributed by atoms with van der Waals surface area (Å²) in [6.45, 7) is 2.14. The Kier molecular flexibility index (Phi) is 11.5. The number of hydrogen-bond acceptors (Lipinski definition) is 7. The van der Waals surface area contributed by atoms with Crippen molar-refractivity contribution in [1.29, 1.82) is 0 Å². The average Bonchev–Trinajstić information content (AvgIpc) is 2.76. The zero-order valence-corrected chi connectivity index (χ0v) is 21.7. The summed E-state index contributed by atoms with van der Waals surface area (Å²) in [5.74, 6) is 0. The molecule has 0 aromatic carbocycles. The van der Waals surface area contributed by atoms with E-state index >= 15 is 0 Å². The molecule has 0 atom stereocenters. The molecule has 22 heteroatoms. The Morgan fingerprint density at radius 2 is 1.08 bits per heavy atom. The van der Waals surface area contributed by atoms with Gasteiger partial charge in [-0.1, -0.05) is 6.92 Å². The molecule has 0 bridgehead atoms. The lowest BCUT2D eigenvalue weighted by Crippen LogP contribution is -2.56. The predicted octanol–water partition coefficient (Wildman–Crippen LogP) is 3.28. The van der Waals surface area contributed by atoms with Crippen LogP contribution in [0.25, 0.3) is 4.13 Å². The summed E-state index contributed by atoms with van der Waals surface area (Å²) in [5.41, 5.74) is 1.32. The van der Waals surface area contributed by atoms with Gasteiger partial charge in [-0.25, -0.2) is 21.4 Å².